The molecule has 0 aliphatic rings. The molecule has 0 aliphatic carbocycles. The standard InChI is InChI=1S/C21H17N3O2/c22-17-9-10-18(15-8-4-3-7-14(15)17)24-21(26)16-11-12-5-1-2-6-13(12)19(23)20(16)25/h1-11,25H,22-23H2,(H,24,26). The number of hydrogen-bond acceptors (Lipinski definition) is 4. The molecular formula is C21H17N3O2. The van der Waals surface area contributed by atoms with Gasteiger partial charge in [-0.2, -0.15) is 0 Å². The van der Waals surface area contributed by atoms with Crippen molar-refractivity contribution in [2.45, 2.75) is 0 Å². The second kappa shape index (κ2) is 5.97. The predicted octanol–water partition coefficient (Wildman–Crippen LogP) is 4.12. The summed E-state index contributed by atoms with van der Waals surface area (Å²) in [6.07, 6.45) is 0. The monoisotopic (exact) mass is 343 g/mol. The van der Waals surface area contributed by atoms with Crippen molar-refractivity contribution in [2.24, 2.45) is 0 Å². The lowest BCUT2D eigenvalue weighted by Gasteiger charge is -2.13. The number of hydrogen-bond donors (Lipinski definition) is 4. The molecule has 0 aromatic heterocycles. The number of phenolic OH excluding ortho intramolecular Hbond substituents is 1. The highest BCUT2D eigenvalue weighted by Crippen LogP contribution is 2.35. The van der Waals surface area contributed by atoms with Gasteiger partial charge in [0.05, 0.1) is 11.3 Å². The molecule has 4 aromatic rings. The van der Waals surface area contributed by atoms with E-state index < -0.39 is 5.91 Å². The number of aromatic hydroxyl groups is 1. The topological polar surface area (TPSA) is 101 Å². The van der Waals surface area contributed by atoms with Gasteiger partial charge < -0.3 is 21.9 Å². The first-order valence-electron chi connectivity index (χ1n) is 8.15. The molecule has 0 radical (unpaired) electrons. The number of carbonyl (C=O) groups is 1. The number of nitrogens with one attached hydrogen (secondary N) is 1. The number of nitrogens with two attached hydrogens (primary N) is 2. The van der Waals surface area contributed by atoms with Gasteiger partial charge in [-0.25, -0.2) is 0 Å². The van der Waals surface area contributed by atoms with Crippen LogP contribution in [0, 0.1) is 0 Å². The van der Waals surface area contributed by atoms with Crippen LogP contribution in [-0.4, -0.2) is 11.0 Å². The minimum absolute atomic E-state index is 0.127. The molecule has 4 rings (SSSR count). The lowest BCUT2D eigenvalue weighted by atomic mass is 10.0. The summed E-state index contributed by atoms with van der Waals surface area (Å²) in [7, 11) is 0. The fourth-order valence-corrected chi connectivity index (χ4v) is 3.16. The maximum atomic E-state index is 12.8. The summed E-state index contributed by atoms with van der Waals surface area (Å²) in [6, 6.07) is 20.0. The summed E-state index contributed by atoms with van der Waals surface area (Å²) in [5.74, 6) is -0.657. The van der Waals surface area contributed by atoms with Gasteiger partial charge in [0.2, 0.25) is 0 Å². The molecule has 0 unspecified atom stereocenters. The van der Waals surface area contributed by atoms with Crippen LogP contribution in [0.1, 0.15) is 10.4 Å². The summed E-state index contributed by atoms with van der Waals surface area (Å²) in [5.41, 5.74) is 13.6. The zero-order valence-corrected chi connectivity index (χ0v) is 13.9. The van der Waals surface area contributed by atoms with Crippen LogP contribution in [0.5, 0.6) is 5.75 Å². The first kappa shape index (κ1) is 15.8. The van der Waals surface area contributed by atoms with Crippen molar-refractivity contribution in [3.63, 3.8) is 0 Å². The number of phenols is 1. The van der Waals surface area contributed by atoms with Crippen LogP contribution < -0.4 is 16.8 Å². The van der Waals surface area contributed by atoms with Gasteiger partial charge >= 0.3 is 0 Å². The SMILES string of the molecule is Nc1c(O)c(C(=O)Nc2ccc(N)c3ccccc23)cc2ccccc12. The predicted molar refractivity (Wildman–Crippen MR) is 106 cm³/mol. The maximum Gasteiger partial charge on any atom is 0.259 e. The molecule has 5 nitrogen and oxygen atoms in total. The minimum Gasteiger partial charge on any atom is -0.505 e. The van der Waals surface area contributed by atoms with E-state index in [1.807, 2.05) is 42.5 Å². The Morgan fingerprint density at radius 1 is 0.846 bits per heavy atom. The van der Waals surface area contributed by atoms with Gasteiger partial charge in [-0.1, -0.05) is 48.5 Å². The van der Waals surface area contributed by atoms with Crippen molar-refractivity contribution in [1.29, 1.82) is 0 Å². The molecule has 0 heterocycles. The van der Waals surface area contributed by atoms with Gasteiger partial charge in [0.15, 0.2) is 5.75 Å². The number of rotatable bonds is 2. The Hall–Kier alpha value is -3.73. The first-order valence-corrected chi connectivity index (χ1v) is 8.15. The number of nitrogen functional groups attached to an aromatic ring is 2. The van der Waals surface area contributed by atoms with Gasteiger partial charge in [0, 0.05) is 27.5 Å². The van der Waals surface area contributed by atoms with Gasteiger partial charge in [0.1, 0.15) is 0 Å². The van der Waals surface area contributed by atoms with E-state index in [-0.39, 0.29) is 17.0 Å². The number of amides is 1. The third-order valence-corrected chi connectivity index (χ3v) is 4.51. The maximum absolute atomic E-state index is 12.8. The number of anilines is 3. The summed E-state index contributed by atoms with van der Waals surface area (Å²) in [4.78, 5) is 12.8. The highest BCUT2D eigenvalue weighted by Gasteiger charge is 2.17. The van der Waals surface area contributed by atoms with Gasteiger partial charge in [-0.3, -0.25) is 4.79 Å². The lowest BCUT2D eigenvalue weighted by Crippen LogP contribution is -2.13. The van der Waals surface area contributed by atoms with Crippen molar-refractivity contribution < 1.29 is 9.90 Å². The summed E-state index contributed by atoms with van der Waals surface area (Å²) in [6.45, 7) is 0. The average Bonchev–Trinajstić information content (AvgIpc) is 2.67. The highest BCUT2D eigenvalue weighted by atomic mass is 16.3. The van der Waals surface area contributed by atoms with E-state index in [1.165, 1.54) is 0 Å². The van der Waals surface area contributed by atoms with Gasteiger partial charge in [-0.05, 0) is 23.6 Å². The molecule has 26 heavy (non-hydrogen) atoms. The van der Waals surface area contributed by atoms with E-state index in [2.05, 4.69) is 5.32 Å². The van der Waals surface area contributed by atoms with E-state index in [0.29, 0.717) is 16.8 Å². The van der Waals surface area contributed by atoms with Crippen LogP contribution in [0.4, 0.5) is 17.1 Å². The van der Waals surface area contributed by atoms with E-state index in [1.54, 1.807) is 24.3 Å². The van der Waals surface area contributed by atoms with Crippen molar-refractivity contribution in [3.05, 3.63) is 72.3 Å². The van der Waals surface area contributed by atoms with E-state index in [0.717, 1.165) is 16.2 Å². The Morgan fingerprint density at radius 2 is 1.50 bits per heavy atom. The molecule has 128 valence electrons. The lowest BCUT2D eigenvalue weighted by molar-refractivity contribution is 0.102. The Kier molecular flexibility index (Phi) is 3.62. The Balaban J connectivity index is 1.80. The summed E-state index contributed by atoms with van der Waals surface area (Å²) >= 11 is 0. The molecular weight excluding hydrogens is 326 g/mol. The largest absolute Gasteiger partial charge is 0.505 e. The van der Waals surface area contributed by atoms with Crippen LogP contribution in [0.15, 0.2) is 66.7 Å². The quantitative estimate of drug-likeness (QED) is 0.325. The molecule has 0 bridgehead atoms. The zero-order valence-electron chi connectivity index (χ0n) is 13.9. The Bertz CT molecular complexity index is 1170. The second-order valence-corrected chi connectivity index (χ2v) is 6.11. The van der Waals surface area contributed by atoms with Crippen molar-refractivity contribution in [1.82, 2.24) is 0 Å². The van der Waals surface area contributed by atoms with Crippen LogP contribution >= 0.6 is 0 Å². The van der Waals surface area contributed by atoms with E-state index >= 15 is 0 Å². The minimum atomic E-state index is -0.435. The molecule has 4 aromatic carbocycles. The van der Waals surface area contributed by atoms with Crippen LogP contribution in [-0.2, 0) is 0 Å². The first-order chi connectivity index (χ1) is 12.6. The molecule has 1 amide bonds. The van der Waals surface area contributed by atoms with Crippen LogP contribution in [0.25, 0.3) is 21.5 Å². The van der Waals surface area contributed by atoms with E-state index in [9.17, 15) is 9.90 Å². The summed E-state index contributed by atoms with van der Waals surface area (Å²) in [5, 5.41) is 16.4. The highest BCUT2D eigenvalue weighted by molar-refractivity contribution is 6.15. The van der Waals surface area contributed by atoms with Crippen molar-refractivity contribution >= 4 is 44.5 Å². The smallest absolute Gasteiger partial charge is 0.259 e. The molecule has 0 aliphatic heterocycles. The molecule has 5 heteroatoms. The molecule has 6 N–H and O–H groups in total. The zero-order chi connectivity index (χ0) is 18.3. The molecule has 0 atom stereocenters. The fraction of sp³-hybridized carbons (Fsp3) is 0. The number of benzene rings is 4. The Morgan fingerprint density at radius 3 is 2.27 bits per heavy atom. The van der Waals surface area contributed by atoms with Gasteiger partial charge in [0.25, 0.3) is 5.91 Å². The third-order valence-electron chi connectivity index (χ3n) is 4.51. The number of carbonyl (C=O) groups excluding carboxylic acids is 1. The van der Waals surface area contributed by atoms with Crippen LogP contribution in [0.2, 0.25) is 0 Å². The molecule has 0 fully saturated rings. The van der Waals surface area contributed by atoms with Crippen molar-refractivity contribution in [3.8, 4) is 5.75 Å². The van der Waals surface area contributed by atoms with E-state index in [4.69, 9.17) is 11.5 Å². The molecule has 0 saturated carbocycles. The summed E-state index contributed by atoms with van der Waals surface area (Å²) < 4.78 is 0. The fourth-order valence-electron chi connectivity index (χ4n) is 3.16. The molecule has 0 saturated heterocycles. The van der Waals surface area contributed by atoms with Crippen LogP contribution in [0.3, 0.4) is 0 Å². The second-order valence-electron chi connectivity index (χ2n) is 6.11. The van der Waals surface area contributed by atoms with Crippen molar-refractivity contribution in [2.75, 3.05) is 16.8 Å². The Labute approximate surface area is 149 Å². The molecule has 0 spiro atoms. The number of fused-ring (bicyclic) bond motifs is 2. The third kappa shape index (κ3) is 2.46. The average molecular weight is 343 g/mol. The van der Waals surface area contributed by atoms with Gasteiger partial charge in [-0.15, -0.1) is 0 Å². The normalized spacial score (nSPS) is 10.9.